The third kappa shape index (κ3) is 4.17. The Labute approximate surface area is 148 Å². The fraction of sp³-hybridized carbons (Fsp3) is 0.0556. The summed E-state index contributed by atoms with van der Waals surface area (Å²) in [6.07, 6.45) is 0. The highest BCUT2D eigenvalue weighted by Crippen LogP contribution is 2.17. The van der Waals surface area contributed by atoms with E-state index in [4.69, 9.17) is 0 Å². The van der Waals surface area contributed by atoms with Gasteiger partial charge in [0.1, 0.15) is 0 Å². The first-order chi connectivity index (χ1) is 11.6. The number of benzene rings is 2. The first-order valence-corrected chi connectivity index (χ1v) is 8.14. The second-order valence-corrected chi connectivity index (χ2v) is 6.18. The number of hydrogen-bond donors (Lipinski definition) is 2. The Balaban J connectivity index is 1.67. The van der Waals surface area contributed by atoms with Crippen LogP contribution in [0.3, 0.4) is 0 Å². The molecule has 3 aromatic rings. The number of rotatable bonds is 4. The van der Waals surface area contributed by atoms with E-state index in [1.165, 1.54) is 0 Å². The van der Waals surface area contributed by atoms with E-state index in [1.807, 2.05) is 37.3 Å². The van der Waals surface area contributed by atoms with E-state index < -0.39 is 0 Å². The number of aromatic nitrogens is 2. The lowest BCUT2D eigenvalue weighted by Gasteiger charge is -2.07. The maximum Gasteiger partial charge on any atom is 0.256 e. The molecule has 3 rings (SSSR count). The quantitative estimate of drug-likeness (QED) is 0.694. The van der Waals surface area contributed by atoms with Gasteiger partial charge >= 0.3 is 0 Å². The molecular weight excluding hydrogens is 368 g/mol. The molecule has 0 aliphatic heterocycles. The Morgan fingerprint density at radius 1 is 0.958 bits per heavy atom. The van der Waals surface area contributed by atoms with Crippen LogP contribution < -0.4 is 10.6 Å². The first-order valence-electron chi connectivity index (χ1n) is 7.34. The molecule has 1 heterocycles. The SMILES string of the molecule is Cc1cccc(Nc2ccc(NC(=O)c3cccc(Br)c3)nn2)c1. The Morgan fingerprint density at radius 2 is 1.71 bits per heavy atom. The van der Waals surface area contributed by atoms with Crippen LogP contribution >= 0.6 is 15.9 Å². The zero-order valence-electron chi connectivity index (χ0n) is 13.0. The Morgan fingerprint density at radius 3 is 2.42 bits per heavy atom. The van der Waals surface area contributed by atoms with Crippen molar-refractivity contribution in [2.45, 2.75) is 6.92 Å². The number of aryl methyl sites for hydroxylation is 1. The molecule has 0 bridgehead atoms. The van der Waals surface area contributed by atoms with Crippen molar-refractivity contribution in [2.75, 3.05) is 10.6 Å². The van der Waals surface area contributed by atoms with Gasteiger partial charge in [-0.1, -0.05) is 34.1 Å². The highest BCUT2D eigenvalue weighted by atomic mass is 79.9. The Bertz CT molecular complexity index is 865. The van der Waals surface area contributed by atoms with Crippen LogP contribution in [-0.4, -0.2) is 16.1 Å². The summed E-state index contributed by atoms with van der Waals surface area (Å²) in [6, 6.07) is 18.6. The minimum atomic E-state index is -0.231. The van der Waals surface area contributed by atoms with Gasteiger partial charge in [0.2, 0.25) is 0 Å². The summed E-state index contributed by atoms with van der Waals surface area (Å²) < 4.78 is 0.846. The van der Waals surface area contributed by atoms with Crippen LogP contribution in [0.25, 0.3) is 0 Å². The third-order valence-electron chi connectivity index (χ3n) is 3.28. The summed E-state index contributed by atoms with van der Waals surface area (Å²) in [4.78, 5) is 12.2. The molecule has 6 heteroatoms. The molecule has 120 valence electrons. The average Bonchev–Trinajstić information content (AvgIpc) is 2.57. The van der Waals surface area contributed by atoms with E-state index in [-0.39, 0.29) is 5.91 Å². The normalized spacial score (nSPS) is 10.2. The lowest BCUT2D eigenvalue weighted by atomic mass is 10.2. The largest absolute Gasteiger partial charge is 0.339 e. The topological polar surface area (TPSA) is 66.9 Å². The van der Waals surface area contributed by atoms with Crippen LogP contribution in [0.2, 0.25) is 0 Å². The zero-order valence-corrected chi connectivity index (χ0v) is 14.5. The van der Waals surface area contributed by atoms with Gasteiger partial charge in [-0.05, 0) is 55.0 Å². The molecule has 24 heavy (non-hydrogen) atoms. The van der Waals surface area contributed by atoms with Gasteiger partial charge in [-0.3, -0.25) is 4.79 Å². The molecule has 0 atom stereocenters. The van der Waals surface area contributed by atoms with E-state index in [9.17, 15) is 4.79 Å². The van der Waals surface area contributed by atoms with Gasteiger partial charge in [0.15, 0.2) is 11.6 Å². The standard InChI is InChI=1S/C18H15BrN4O/c1-12-4-2-7-15(10-12)20-16-8-9-17(23-22-16)21-18(24)13-5-3-6-14(19)11-13/h2-11H,1H3,(H,20,22)(H,21,23,24). The van der Waals surface area contributed by atoms with Gasteiger partial charge < -0.3 is 10.6 Å². The van der Waals surface area contributed by atoms with Crippen molar-refractivity contribution in [2.24, 2.45) is 0 Å². The predicted molar refractivity (Wildman–Crippen MR) is 98.6 cm³/mol. The number of nitrogens with zero attached hydrogens (tertiary/aromatic N) is 2. The molecule has 0 spiro atoms. The highest BCUT2D eigenvalue weighted by Gasteiger charge is 2.07. The molecule has 0 fully saturated rings. The number of carbonyl (C=O) groups is 1. The Hall–Kier alpha value is -2.73. The Kier molecular flexibility index (Phi) is 4.86. The van der Waals surface area contributed by atoms with Gasteiger partial charge in [0.25, 0.3) is 5.91 Å². The summed E-state index contributed by atoms with van der Waals surface area (Å²) in [5.41, 5.74) is 2.65. The smallest absolute Gasteiger partial charge is 0.256 e. The minimum absolute atomic E-state index is 0.231. The molecule has 1 aromatic heterocycles. The van der Waals surface area contributed by atoms with Gasteiger partial charge in [0.05, 0.1) is 0 Å². The van der Waals surface area contributed by atoms with E-state index in [2.05, 4.69) is 36.8 Å². The highest BCUT2D eigenvalue weighted by molar-refractivity contribution is 9.10. The van der Waals surface area contributed by atoms with Crippen molar-refractivity contribution in [3.63, 3.8) is 0 Å². The van der Waals surface area contributed by atoms with Crippen LogP contribution in [0.5, 0.6) is 0 Å². The molecule has 0 saturated carbocycles. The molecule has 0 aliphatic rings. The third-order valence-corrected chi connectivity index (χ3v) is 3.78. The van der Waals surface area contributed by atoms with Crippen LogP contribution in [-0.2, 0) is 0 Å². The summed E-state index contributed by atoms with van der Waals surface area (Å²) in [7, 11) is 0. The van der Waals surface area contributed by atoms with E-state index in [0.29, 0.717) is 17.2 Å². The number of amides is 1. The van der Waals surface area contributed by atoms with Gasteiger partial charge in [-0.25, -0.2) is 0 Å². The molecule has 2 aromatic carbocycles. The van der Waals surface area contributed by atoms with Crippen LogP contribution in [0.15, 0.2) is 65.1 Å². The summed E-state index contributed by atoms with van der Waals surface area (Å²) in [5.74, 6) is 0.779. The maximum atomic E-state index is 12.2. The van der Waals surface area contributed by atoms with Crippen LogP contribution in [0, 0.1) is 6.92 Å². The van der Waals surface area contributed by atoms with Crippen molar-refractivity contribution in [3.8, 4) is 0 Å². The van der Waals surface area contributed by atoms with Gasteiger partial charge in [0, 0.05) is 15.7 Å². The molecule has 5 nitrogen and oxygen atoms in total. The molecule has 0 unspecified atom stereocenters. The van der Waals surface area contributed by atoms with Crippen LogP contribution in [0.4, 0.5) is 17.3 Å². The molecule has 0 saturated heterocycles. The van der Waals surface area contributed by atoms with Crippen molar-refractivity contribution in [3.05, 3.63) is 76.3 Å². The number of hydrogen-bond acceptors (Lipinski definition) is 4. The van der Waals surface area contributed by atoms with Crippen molar-refractivity contribution in [1.82, 2.24) is 10.2 Å². The van der Waals surface area contributed by atoms with E-state index in [0.717, 1.165) is 15.7 Å². The second kappa shape index (κ2) is 7.23. The number of anilines is 3. The molecule has 0 radical (unpaired) electrons. The van der Waals surface area contributed by atoms with Gasteiger partial charge in [-0.15, -0.1) is 10.2 Å². The number of nitrogens with one attached hydrogen (secondary N) is 2. The maximum absolute atomic E-state index is 12.2. The summed E-state index contributed by atoms with van der Waals surface area (Å²) in [5, 5.41) is 14.0. The molecular formula is C18H15BrN4O. The number of halogens is 1. The van der Waals surface area contributed by atoms with E-state index in [1.54, 1.807) is 30.3 Å². The lowest BCUT2D eigenvalue weighted by molar-refractivity contribution is 0.102. The summed E-state index contributed by atoms with van der Waals surface area (Å²) >= 11 is 3.35. The average molecular weight is 383 g/mol. The molecule has 1 amide bonds. The van der Waals surface area contributed by atoms with Crippen LogP contribution in [0.1, 0.15) is 15.9 Å². The summed E-state index contributed by atoms with van der Waals surface area (Å²) in [6.45, 7) is 2.03. The van der Waals surface area contributed by atoms with Crippen molar-refractivity contribution < 1.29 is 4.79 Å². The minimum Gasteiger partial charge on any atom is -0.339 e. The fourth-order valence-electron chi connectivity index (χ4n) is 2.15. The molecule has 2 N–H and O–H groups in total. The fourth-order valence-corrected chi connectivity index (χ4v) is 2.55. The monoisotopic (exact) mass is 382 g/mol. The predicted octanol–water partition coefficient (Wildman–Crippen LogP) is 4.54. The van der Waals surface area contributed by atoms with Gasteiger partial charge in [-0.2, -0.15) is 0 Å². The lowest BCUT2D eigenvalue weighted by Crippen LogP contribution is -2.13. The second-order valence-electron chi connectivity index (χ2n) is 5.26. The molecule has 0 aliphatic carbocycles. The van der Waals surface area contributed by atoms with Crippen molar-refractivity contribution >= 4 is 39.2 Å². The van der Waals surface area contributed by atoms with E-state index >= 15 is 0 Å². The van der Waals surface area contributed by atoms with Crippen molar-refractivity contribution in [1.29, 1.82) is 0 Å². The number of carbonyl (C=O) groups excluding carboxylic acids is 1. The zero-order chi connectivity index (χ0) is 16.9. The first kappa shape index (κ1) is 16.1.